The number of nitrogens with one attached hydrogen (secondary N) is 1. The molecule has 0 saturated carbocycles. The summed E-state index contributed by atoms with van der Waals surface area (Å²) in [7, 11) is 2.58. The third-order valence-corrected chi connectivity index (χ3v) is 6.50. The Labute approximate surface area is 191 Å². The maximum atomic E-state index is 12.8. The summed E-state index contributed by atoms with van der Waals surface area (Å²) in [6, 6.07) is 6.68. The van der Waals surface area contributed by atoms with Gasteiger partial charge in [-0.2, -0.15) is 4.31 Å². The second-order valence-electron chi connectivity index (χ2n) is 6.35. The first-order chi connectivity index (χ1) is 15.1. The maximum Gasteiger partial charge on any atom is 0.340 e. The van der Waals surface area contributed by atoms with E-state index in [4.69, 9.17) is 30.5 Å². The number of carbonyl (C=O) groups is 2. The van der Waals surface area contributed by atoms with E-state index in [1.807, 2.05) is 0 Å². The molecule has 0 saturated heterocycles. The predicted molar refractivity (Wildman–Crippen MR) is 117 cm³/mol. The Balaban J connectivity index is 2.28. The summed E-state index contributed by atoms with van der Waals surface area (Å²) in [6.45, 7) is -0.541. The van der Waals surface area contributed by atoms with Crippen LogP contribution in [0, 0.1) is 0 Å². The summed E-state index contributed by atoms with van der Waals surface area (Å²) < 4.78 is 46.6. The molecule has 2 aromatic rings. The van der Waals surface area contributed by atoms with Crippen LogP contribution < -0.4 is 19.5 Å². The number of methoxy groups -OCH3 is 4. The molecule has 0 aliphatic heterocycles. The Morgan fingerprint density at radius 3 is 2.09 bits per heavy atom. The number of hydrogen-bond donors (Lipinski definition) is 1. The van der Waals surface area contributed by atoms with Crippen LogP contribution in [0.1, 0.15) is 10.4 Å². The number of hydrogen-bond acceptors (Lipinski definition) is 8. The molecule has 0 fully saturated rings. The Hall–Kier alpha value is -3.02. The first-order valence-electron chi connectivity index (χ1n) is 9.03. The molecular weight excluding hydrogens is 464 g/mol. The van der Waals surface area contributed by atoms with Crippen LogP contribution in [0.5, 0.6) is 17.2 Å². The zero-order valence-corrected chi connectivity index (χ0v) is 19.7. The van der Waals surface area contributed by atoms with E-state index in [1.54, 1.807) is 0 Å². The quantitative estimate of drug-likeness (QED) is 0.536. The molecule has 1 N–H and O–H groups in total. The summed E-state index contributed by atoms with van der Waals surface area (Å²) in [6.07, 6.45) is 0. The number of nitrogens with zero attached hydrogens (tertiary/aromatic N) is 1. The average Bonchev–Trinajstić information content (AvgIpc) is 2.77. The number of amides is 1. The molecule has 10 nitrogen and oxygen atoms in total. The summed E-state index contributed by atoms with van der Waals surface area (Å²) in [5, 5.41) is 2.62. The van der Waals surface area contributed by atoms with E-state index in [1.165, 1.54) is 65.8 Å². The van der Waals surface area contributed by atoms with Gasteiger partial charge in [-0.15, -0.1) is 0 Å². The largest absolute Gasteiger partial charge is 0.495 e. The van der Waals surface area contributed by atoms with E-state index in [-0.39, 0.29) is 32.7 Å². The van der Waals surface area contributed by atoms with Crippen molar-refractivity contribution >= 4 is 39.2 Å². The van der Waals surface area contributed by atoms with Crippen molar-refractivity contribution in [2.75, 3.05) is 47.3 Å². The topological polar surface area (TPSA) is 120 Å². The van der Waals surface area contributed by atoms with Crippen LogP contribution in [-0.2, 0) is 19.6 Å². The highest BCUT2D eigenvalue weighted by Crippen LogP contribution is 2.34. The van der Waals surface area contributed by atoms with E-state index >= 15 is 0 Å². The van der Waals surface area contributed by atoms with Crippen LogP contribution in [0.2, 0.25) is 5.02 Å². The zero-order valence-electron chi connectivity index (χ0n) is 18.1. The molecule has 0 aliphatic rings. The summed E-state index contributed by atoms with van der Waals surface area (Å²) in [5.74, 6) is -0.607. The summed E-state index contributed by atoms with van der Waals surface area (Å²) in [5.41, 5.74) is 0.0729. The van der Waals surface area contributed by atoms with Crippen LogP contribution in [0.25, 0.3) is 0 Å². The van der Waals surface area contributed by atoms with Crippen LogP contribution in [-0.4, -0.2) is 66.6 Å². The number of rotatable bonds is 9. The van der Waals surface area contributed by atoms with Crippen molar-refractivity contribution in [3.8, 4) is 17.2 Å². The number of esters is 1. The van der Waals surface area contributed by atoms with E-state index in [0.29, 0.717) is 5.75 Å². The van der Waals surface area contributed by atoms with Gasteiger partial charge in [-0.1, -0.05) is 11.6 Å². The van der Waals surface area contributed by atoms with E-state index < -0.39 is 28.4 Å². The van der Waals surface area contributed by atoms with Crippen molar-refractivity contribution in [1.29, 1.82) is 0 Å². The molecule has 32 heavy (non-hydrogen) atoms. The first-order valence-corrected chi connectivity index (χ1v) is 10.8. The predicted octanol–water partition coefficient (Wildman–Crippen LogP) is 2.41. The van der Waals surface area contributed by atoms with Crippen LogP contribution in [0.3, 0.4) is 0 Å². The number of carbonyl (C=O) groups excluding carboxylic acids is 2. The van der Waals surface area contributed by atoms with E-state index in [0.717, 1.165) is 4.31 Å². The van der Waals surface area contributed by atoms with Crippen LogP contribution in [0.4, 0.5) is 5.69 Å². The Kier molecular flexibility index (Phi) is 8.31. The molecule has 2 rings (SSSR count). The monoisotopic (exact) mass is 486 g/mol. The van der Waals surface area contributed by atoms with Gasteiger partial charge in [-0.25, -0.2) is 13.2 Å². The molecule has 0 bridgehead atoms. The average molecular weight is 487 g/mol. The third-order valence-electron chi connectivity index (χ3n) is 4.40. The van der Waals surface area contributed by atoms with Gasteiger partial charge in [0.1, 0.15) is 5.75 Å². The highest BCUT2D eigenvalue weighted by Gasteiger charge is 2.25. The van der Waals surface area contributed by atoms with Crippen molar-refractivity contribution in [2.24, 2.45) is 0 Å². The number of benzene rings is 2. The molecule has 1 amide bonds. The molecule has 0 aromatic heterocycles. The molecule has 0 unspecified atom stereocenters. The van der Waals surface area contributed by atoms with Crippen molar-refractivity contribution in [3.05, 3.63) is 40.9 Å². The van der Waals surface area contributed by atoms with Gasteiger partial charge in [-0.05, 0) is 18.2 Å². The van der Waals surface area contributed by atoms with E-state index in [2.05, 4.69) is 5.32 Å². The normalized spacial score (nSPS) is 11.1. The van der Waals surface area contributed by atoms with E-state index in [9.17, 15) is 18.0 Å². The van der Waals surface area contributed by atoms with Gasteiger partial charge >= 0.3 is 5.97 Å². The van der Waals surface area contributed by atoms with Crippen LogP contribution >= 0.6 is 11.6 Å². The van der Waals surface area contributed by atoms with Gasteiger partial charge in [-0.3, -0.25) is 4.79 Å². The number of likely N-dealkylation sites (N-methyl/N-ethyl adjacent to an activating group) is 1. The second kappa shape index (κ2) is 10.5. The molecule has 12 heteroatoms. The van der Waals surface area contributed by atoms with Gasteiger partial charge in [0.2, 0.25) is 15.9 Å². The fourth-order valence-corrected chi connectivity index (χ4v) is 4.20. The third kappa shape index (κ3) is 5.42. The molecular formula is C20H23ClN2O8S. The molecule has 0 heterocycles. The lowest BCUT2D eigenvalue weighted by Crippen LogP contribution is -2.35. The zero-order chi connectivity index (χ0) is 24.1. The van der Waals surface area contributed by atoms with Crippen LogP contribution in [0.15, 0.2) is 35.2 Å². The molecule has 0 spiro atoms. The minimum absolute atomic E-state index is 0.00551. The summed E-state index contributed by atoms with van der Waals surface area (Å²) in [4.78, 5) is 24.6. The molecule has 174 valence electrons. The highest BCUT2D eigenvalue weighted by atomic mass is 35.5. The highest BCUT2D eigenvalue weighted by molar-refractivity contribution is 7.89. The fraction of sp³-hybridized carbons (Fsp3) is 0.300. The Morgan fingerprint density at radius 1 is 0.969 bits per heavy atom. The number of ether oxygens (including phenoxy) is 4. The molecule has 0 radical (unpaired) electrons. The second-order valence-corrected chi connectivity index (χ2v) is 8.80. The first kappa shape index (κ1) is 25.2. The van der Waals surface area contributed by atoms with Gasteiger partial charge in [0, 0.05) is 19.2 Å². The van der Waals surface area contributed by atoms with Crippen molar-refractivity contribution < 1.29 is 37.0 Å². The number of anilines is 1. The lowest BCUT2D eigenvalue weighted by molar-refractivity contribution is -0.116. The molecule has 0 atom stereocenters. The van der Waals surface area contributed by atoms with Gasteiger partial charge in [0.25, 0.3) is 0 Å². The lowest BCUT2D eigenvalue weighted by atomic mass is 10.1. The van der Waals surface area contributed by atoms with Gasteiger partial charge in [0.05, 0.1) is 56.2 Å². The van der Waals surface area contributed by atoms with Crippen molar-refractivity contribution in [3.63, 3.8) is 0 Å². The molecule has 2 aromatic carbocycles. The Morgan fingerprint density at radius 2 is 1.56 bits per heavy atom. The smallest absolute Gasteiger partial charge is 0.340 e. The minimum atomic E-state index is -4.03. The minimum Gasteiger partial charge on any atom is -0.495 e. The standard InChI is InChI=1S/C20H23ClN2O8S/c1-23(32(26,27)12-6-7-16(28-2)14(21)8-12)11-19(24)22-15-10-18(30-4)17(29-3)9-13(15)20(25)31-5/h6-10H,11H2,1-5H3,(H,22,24). The number of sulfonamides is 1. The lowest BCUT2D eigenvalue weighted by Gasteiger charge is -2.19. The van der Waals surface area contributed by atoms with Crippen molar-refractivity contribution in [1.82, 2.24) is 4.31 Å². The summed E-state index contributed by atoms with van der Waals surface area (Å²) >= 11 is 6.01. The van der Waals surface area contributed by atoms with Gasteiger partial charge in [0.15, 0.2) is 11.5 Å². The fourth-order valence-electron chi connectivity index (χ4n) is 2.73. The maximum absolute atomic E-state index is 12.8. The van der Waals surface area contributed by atoms with Gasteiger partial charge < -0.3 is 24.3 Å². The Bertz CT molecular complexity index is 1120. The SMILES string of the molecule is COC(=O)c1cc(OC)c(OC)cc1NC(=O)CN(C)S(=O)(=O)c1ccc(OC)c(Cl)c1. The molecule has 0 aliphatic carbocycles. The number of halogens is 1. The van der Waals surface area contributed by atoms with Crippen molar-refractivity contribution in [2.45, 2.75) is 4.90 Å².